The molecule has 0 atom stereocenters. The third-order valence-corrected chi connectivity index (χ3v) is 6.25. The molecule has 5 nitrogen and oxygen atoms in total. The van der Waals surface area contributed by atoms with Crippen molar-refractivity contribution < 1.29 is 9.53 Å². The van der Waals surface area contributed by atoms with Crippen LogP contribution in [0.1, 0.15) is 16.7 Å². The van der Waals surface area contributed by atoms with Crippen LogP contribution < -0.4 is 4.74 Å². The largest absolute Gasteiger partial charge is 0.489 e. The van der Waals surface area contributed by atoms with Crippen molar-refractivity contribution in [2.45, 2.75) is 6.61 Å². The topological polar surface area (TPSA) is 65.8 Å². The molecule has 2 heterocycles. The van der Waals surface area contributed by atoms with Gasteiger partial charge in [-0.3, -0.25) is 15.1 Å². The van der Waals surface area contributed by atoms with Gasteiger partial charge in [0.15, 0.2) is 5.17 Å². The Morgan fingerprint density at radius 3 is 2.61 bits per heavy atom. The summed E-state index contributed by atoms with van der Waals surface area (Å²) in [6, 6.07) is 24.7. The molecule has 162 valence electrons. The first-order chi connectivity index (χ1) is 16.1. The zero-order chi connectivity index (χ0) is 22.8. The minimum absolute atomic E-state index is 0.109. The molecule has 0 saturated carbocycles. The summed E-state index contributed by atoms with van der Waals surface area (Å²) in [5.41, 5.74) is 3.79. The fraction of sp³-hybridized carbons (Fsp3) is 0.0385. The van der Waals surface area contributed by atoms with Gasteiger partial charge in [-0.05, 0) is 47.0 Å². The second-order valence-electron chi connectivity index (χ2n) is 7.42. The van der Waals surface area contributed by atoms with E-state index in [-0.39, 0.29) is 11.4 Å². The number of amidine groups is 2. The summed E-state index contributed by atoms with van der Waals surface area (Å²) in [5, 5.41) is 11.9. The molecule has 3 aromatic carbocycles. The Morgan fingerprint density at radius 2 is 1.82 bits per heavy atom. The lowest BCUT2D eigenvalue weighted by Crippen LogP contribution is -2.38. The maximum Gasteiger partial charge on any atom is 0.283 e. The van der Waals surface area contributed by atoms with Gasteiger partial charge in [0.1, 0.15) is 18.2 Å². The van der Waals surface area contributed by atoms with Crippen LogP contribution in [-0.2, 0) is 11.4 Å². The summed E-state index contributed by atoms with van der Waals surface area (Å²) in [4.78, 5) is 18.6. The number of carbonyl (C=O) groups is 1. The Labute approximate surface area is 200 Å². The van der Waals surface area contributed by atoms with Gasteiger partial charge in [0.05, 0.1) is 11.3 Å². The molecule has 3 aromatic rings. The van der Waals surface area contributed by atoms with Crippen molar-refractivity contribution in [2.24, 2.45) is 4.99 Å². The summed E-state index contributed by atoms with van der Waals surface area (Å²) in [5.74, 6) is 0.353. The first-order valence-corrected chi connectivity index (χ1v) is 11.5. The number of fused-ring (bicyclic) bond motifs is 1. The summed E-state index contributed by atoms with van der Waals surface area (Å²) in [6.07, 6.45) is 1.69. The zero-order valence-electron chi connectivity index (χ0n) is 17.4. The van der Waals surface area contributed by atoms with E-state index < -0.39 is 5.91 Å². The van der Waals surface area contributed by atoms with E-state index in [9.17, 15) is 4.79 Å². The zero-order valence-corrected chi connectivity index (χ0v) is 18.9. The van der Waals surface area contributed by atoms with Gasteiger partial charge in [-0.15, -0.1) is 0 Å². The molecule has 0 unspecified atom stereocenters. The number of nitrogens with one attached hydrogen (secondary N) is 1. The highest BCUT2D eigenvalue weighted by molar-refractivity contribution is 8.17. The minimum Gasteiger partial charge on any atom is -0.489 e. The molecule has 2 aliphatic heterocycles. The van der Waals surface area contributed by atoms with Gasteiger partial charge < -0.3 is 4.74 Å². The normalized spacial score (nSPS) is 16.5. The lowest BCUT2D eigenvalue weighted by Gasteiger charge is -2.26. The number of amides is 1. The molecule has 0 saturated heterocycles. The van der Waals surface area contributed by atoms with E-state index >= 15 is 0 Å². The van der Waals surface area contributed by atoms with Crippen LogP contribution >= 0.6 is 23.4 Å². The lowest BCUT2D eigenvalue weighted by molar-refractivity contribution is -0.114. The van der Waals surface area contributed by atoms with Crippen molar-refractivity contribution in [3.63, 3.8) is 0 Å². The van der Waals surface area contributed by atoms with E-state index in [2.05, 4.69) is 4.99 Å². The molecular weight excluding hydrogens is 454 g/mol. The average molecular weight is 472 g/mol. The highest BCUT2D eigenvalue weighted by atomic mass is 35.5. The number of ether oxygens (including phenoxy) is 1. The van der Waals surface area contributed by atoms with Crippen LogP contribution in [0.2, 0.25) is 5.02 Å². The van der Waals surface area contributed by atoms with Crippen molar-refractivity contribution in [3.8, 4) is 5.75 Å². The highest BCUT2D eigenvalue weighted by Gasteiger charge is 2.36. The SMILES string of the molecule is N=C1C(=Cc2cccc(OCc3ccc(Cl)cc3)c2)C(=O)N=C2SC=C(c3ccccc3)N12. The van der Waals surface area contributed by atoms with Crippen molar-refractivity contribution in [1.29, 1.82) is 5.41 Å². The van der Waals surface area contributed by atoms with Gasteiger partial charge >= 0.3 is 0 Å². The molecule has 0 bridgehead atoms. The van der Waals surface area contributed by atoms with Gasteiger partial charge in [-0.25, -0.2) is 0 Å². The maximum atomic E-state index is 12.7. The number of halogens is 1. The third kappa shape index (κ3) is 4.49. The monoisotopic (exact) mass is 471 g/mol. The Bertz CT molecular complexity index is 1330. The second-order valence-corrected chi connectivity index (χ2v) is 8.69. The van der Waals surface area contributed by atoms with Crippen molar-refractivity contribution in [1.82, 2.24) is 4.90 Å². The first-order valence-electron chi connectivity index (χ1n) is 10.2. The van der Waals surface area contributed by atoms with Crippen LogP contribution in [0.3, 0.4) is 0 Å². The average Bonchev–Trinajstić information content (AvgIpc) is 3.26. The van der Waals surface area contributed by atoms with Gasteiger partial charge in [-0.1, -0.05) is 78.0 Å². The number of hydrogen-bond acceptors (Lipinski definition) is 4. The van der Waals surface area contributed by atoms with Gasteiger partial charge in [0.25, 0.3) is 5.91 Å². The van der Waals surface area contributed by atoms with Crippen LogP contribution in [-0.4, -0.2) is 21.8 Å². The molecule has 7 heteroatoms. The number of hydrogen-bond donors (Lipinski definition) is 1. The maximum absolute atomic E-state index is 12.7. The van der Waals surface area contributed by atoms with Crippen molar-refractivity contribution >= 4 is 52.0 Å². The third-order valence-electron chi connectivity index (χ3n) is 5.17. The van der Waals surface area contributed by atoms with E-state index in [0.717, 1.165) is 22.4 Å². The van der Waals surface area contributed by atoms with E-state index in [4.69, 9.17) is 21.7 Å². The predicted molar refractivity (Wildman–Crippen MR) is 134 cm³/mol. The number of thioether (sulfide) groups is 1. The summed E-state index contributed by atoms with van der Waals surface area (Å²) < 4.78 is 5.90. The smallest absolute Gasteiger partial charge is 0.283 e. The van der Waals surface area contributed by atoms with E-state index in [0.29, 0.717) is 22.5 Å². The minimum atomic E-state index is -0.422. The van der Waals surface area contributed by atoms with Gasteiger partial charge in [-0.2, -0.15) is 4.99 Å². The molecule has 0 aromatic heterocycles. The standard InChI is InChI=1S/C26H18ClN3O2S/c27-20-11-9-17(10-12-20)15-32-21-8-4-5-18(13-21)14-22-24(28)30-23(19-6-2-1-3-7-19)16-33-26(30)29-25(22)31/h1-14,16,28H,15H2. The van der Waals surface area contributed by atoms with Gasteiger partial charge in [0.2, 0.25) is 0 Å². The van der Waals surface area contributed by atoms with Crippen LogP contribution in [0.15, 0.2) is 94.8 Å². The molecule has 1 amide bonds. The van der Waals surface area contributed by atoms with E-state index in [1.165, 1.54) is 11.8 Å². The summed E-state index contributed by atoms with van der Waals surface area (Å²) in [7, 11) is 0. The molecule has 1 N–H and O–H groups in total. The summed E-state index contributed by atoms with van der Waals surface area (Å²) >= 11 is 7.28. The fourth-order valence-electron chi connectivity index (χ4n) is 3.52. The van der Waals surface area contributed by atoms with E-state index in [1.54, 1.807) is 11.0 Å². The Morgan fingerprint density at radius 1 is 1.03 bits per heavy atom. The van der Waals surface area contributed by atoms with Gasteiger partial charge in [0, 0.05) is 10.4 Å². The molecule has 2 aliphatic rings. The van der Waals surface area contributed by atoms with Crippen LogP contribution in [0, 0.1) is 5.41 Å². The Balaban J connectivity index is 1.38. The molecule has 33 heavy (non-hydrogen) atoms. The van der Waals surface area contributed by atoms with E-state index in [1.807, 2.05) is 84.3 Å². The quantitative estimate of drug-likeness (QED) is 0.448. The fourth-order valence-corrected chi connectivity index (χ4v) is 4.54. The molecular formula is C26H18ClN3O2S. The number of rotatable bonds is 5. The molecule has 0 aliphatic carbocycles. The summed E-state index contributed by atoms with van der Waals surface area (Å²) in [6.45, 7) is 0.399. The van der Waals surface area contributed by atoms with Crippen LogP contribution in [0.4, 0.5) is 0 Å². The van der Waals surface area contributed by atoms with Crippen LogP contribution in [0.5, 0.6) is 5.75 Å². The molecule has 0 spiro atoms. The first kappa shape index (κ1) is 21.2. The number of aliphatic imine (C=N–C) groups is 1. The number of nitrogens with zero attached hydrogens (tertiary/aromatic N) is 2. The van der Waals surface area contributed by atoms with Crippen molar-refractivity contribution in [3.05, 3.63) is 112 Å². The van der Waals surface area contributed by atoms with Crippen LogP contribution in [0.25, 0.3) is 11.8 Å². The lowest BCUT2D eigenvalue weighted by atomic mass is 10.1. The predicted octanol–water partition coefficient (Wildman–Crippen LogP) is 6.22. The molecule has 0 fully saturated rings. The number of carbonyl (C=O) groups excluding carboxylic acids is 1. The number of benzene rings is 3. The second kappa shape index (κ2) is 9.10. The Hall–Kier alpha value is -3.61. The molecule has 5 rings (SSSR count). The van der Waals surface area contributed by atoms with Crippen molar-refractivity contribution in [2.75, 3.05) is 0 Å². The Kier molecular flexibility index (Phi) is 5.86. The molecule has 0 radical (unpaired) electrons. The highest BCUT2D eigenvalue weighted by Crippen LogP contribution is 2.37.